The quantitative estimate of drug-likeness (QED) is 0.612. The molecule has 0 amide bonds. The summed E-state index contributed by atoms with van der Waals surface area (Å²) in [7, 11) is 0. The van der Waals surface area contributed by atoms with E-state index in [1.54, 1.807) is 0 Å². The summed E-state index contributed by atoms with van der Waals surface area (Å²) >= 11 is 0. The van der Waals surface area contributed by atoms with Crippen LogP contribution in [0.2, 0.25) is 0 Å². The minimum Gasteiger partial charge on any atom is -0.293 e. The molecular formula is C7H10F3N. The van der Waals surface area contributed by atoms with Crippen LogP contribution >= 0.6 is 0 Å². The van der Waals surface area contributed by atoms with Gasteiger partial charge in [-0.2, -0.15) is 13.2 Å². The Kier molecular flexibility index (Phi) is 2.94. The lowest BCUT2D eigenvalue weighted by Crippen LogP contribution is -2.51. The van der Waals surface area contributed by atoms with Crippen LogP contribution in [0.25, 0.3) is 0 Å². The van der Waals surface area contributed by atoms with Gasteiger partial charge in [-0.05, 0) is 13.8 Å². The van der Waals surface area contributed by atoms with E-state index in [0.29, 0.717) is 0 Å². The van der Waals surface area contributed by atoms with E-state index in [1.165, 1.54) is 0 Å². The highest BCUT2D eigenvalue weighted by Crippen LogP contribution is 2.28. The van der Waals surface area contributed by atoms with Gasteiger partial charge in [0.25, 0.3) is 0 Å². The lowest BCUT2D eigenvalue weighted by Gasteiger charge is -2.27. The lowest BCUT2D eigenvalue weighted by molar-refractivity contribution is -0.185. The molecule has 4 heteroatoms. The van der Waals surface area contributed by atoms with Gasteiger partial charge in [0.1, 0.15) is 5.54 Å². The van der Waals surface area contributed by atoms with Crippen molar-refractivity contribution in [2.45, 2.75) is 25.6 Å². The molecule has 0 aromatic rings. The van der Waals surface area contributed by atoms with E-state index in [-0.39, 0.29) is 6.54 Å². The molecule has 0 aliphatic rings. The molecule has 0 unspecified atom stereocenters. The van der Waals surface area contributed by atoms with Crippen molar-refractivity contribution in [3.05, 3.63) is 0 Å². The SMILES string of the molecule is C#CCNC(C)(C)C(F)(F)F. The fourth-order valence-corrected chi connectivity index (χ4v) is 0.372. The van der Waals surface area contributed by atoms with Crippen molar-refractivity contribution in [3.63, 3.8) is 0 Å². The van der Waals surface area contributed by atoms with Gasteiger partial charge < -0.3 is 0 Å². The van der Waals surface area contributed by atoms with Crippen molar-refractivity contribution >= 4 is 0 Å². The summed E-state index contributed by atoms with van der Waals surface area (Å²) in [6.07, 6.45) is 0.539. The molecule has 0 aromatic carbocycles. The second-order valence-electron chi connectivity index (χ2n) is 2.68. The number of hydrogen-bond acceptors (Lipinski definition) is 1. The van der Waals surface area contributed by atoms with Crippen LogP contribution in [0.3, 0.4) is 0 Å². The molecule has 0 bridgehead atoms. The van der Waals surface area contributed by atoms with Gasteiger partial charge in [0.05, 0.1) is 6.54 Å². The number of rotatable bonds is 2. The van der Waals surface area contributed by atoms with E-state index >= 15 is 0 Å². The van der Waals surface area contributed by atoms with E-state index < -0.39 is 11.7 Å². The fourth-order valence-electron chi connectivity index (χ4n) is 0.372. The highest BCUT2D eigenvalue weighted by Gasteiger charge is 2.46. The zero-order chi connectivity index (χ0) is 9.12. The number of terminal acetylenes is 1. The average molecular weight is 165 g/mol. The second-order valence-corrected chi connectivity index (χ2v) is 2.68. The summed E-state index contributed by atoms with van der Waals surface area (Å²) in [5.41, 5.74) is -1.90. The van der Waals surface area contributed by atoms with Crippen molar-refractivity contribution in [1.82, 2.24) is 5.32 Å². The standard InChI is InChI=1S/C7H10F3N/c1-4-5-11-6(2,3)7(8,9)10/h1,11H,5H2,2-3H3. The Labute approximate surface area is 64.0 Å². The second kappa shape index (κ2) is 3.14. The molecule has 0 atom stereocenters. The largest absolute Gasteiger partial charge is 0.406 e. The first-order valence-corrected chi connectivity index (χ1v) is 3.06. The summed E-state index contributed by atoms with van der Waals surface area (Å²) in [6.45, 7) is 2.02. The Morgan fingerprint density at radius 3 is 2.09 bits per heavy atom. The molecule has 0 aliphatic carbocycles. The Balaban J connectivity index is 4.13. The maximum atomic E-state index is 12.0. The predicted octanol–water partition coefficient (Wildman–Crippen LogP) is 1.55. The molecule has 0 radical (unpaired) electrons. The first-order chi connectivity index (χ1) is 4.81. The van der Waals surface area contributed by atoms with Gasteiger partial charge in [-0.3, -0.25) is 5.32 Å². The van der Waals surface area contributed by atoms with Crippen molar-refractivity contribution in [3.8, 4) is 12.3 Å². The van der Waals surface area contributed by atoms with Crippen molar-refractivity contribution < 1.29 is 13.2 Å². The Morgan fingerprint density at radius 2 is 1.82 bits per heavy atom. The Morgan fingerprint density at radius 1 is 1.36 bits per heavy atom. The molecule has 0 rings (SSSR count). The molecule has 64 valence electrons. The van der Waals surface area contributed by atoms with Gasteiger partial charge in [-0.15, -0.1) is 6.42 Å². The first-order valence-electron chi connectivity index (χ1n) is 3.06. The number of alkyl halides is 3. The molecule has 0 fully saturated rings. The monoisotopic (exact) mass is 165 g/mol. The zero-order valence-corrected chi connectivity index (χ0v) is 6.42. The van der Waals surface area contributed by atoms with Crippen LogP contribution in [-0.2, 0) is 0 Å². The topological polar surface area (TPSA) is 12.0 Å². The van der Waals surface area contributed by atoms with Crippen molar-refractivity contribution in [2.75, 3.05) is 6.54 Å². The normalized spacial score (nSPS) is 12.7. The van der Waals surface area contributed by atoms with Crippen molar-refractivity contribution in [2.24, 2.45) is 0 Å². The van der Waals surface area contributed by atoms with E-state index in [1.807, 2.05) is 0 Å². The van der Waals surface area contributed by atoms with Gasteiger partial charge in [-0.1, -0.05) is 5.92 Å². The van der Waals surface area contributed by atoms with Gasteiger partial charge >= 0.3 is 6.18 Å². The smallest absolute Gasteiger partial charge is 0.293 e. The van der Waals surface area contributed by atoms with Gasteiger partial charge in [0, 0.05) is 0 Å². The minimum atomic E-state index is -4.26. The Bertz CT molecular complexity index is 164. The van der Waals surface area contributed by atoms with Gasteiger partial charge in [-0.25, -0.2) is 0 Å². The molecule has 11 heavy (non-hydrogen) atoms. The fraction of sp³-hybridized carbons (Fsp3) is 0.714. The summed E-state index contributed by atoms with van der Waals surface area (Å²) in [6, 6.07) is 0. The summed E-state index contributed by atoms with van der Waals surface area (Å²) in [5.74, 6) is 2.08. The van der Waals surface area contributed by atoms with Crippen LogP contribution < -0.4 is 5.32 Å². The highest BCUT2D eigenvalue weighted by atomic mass is 19.4. The average Bonchev–Trinajstić information content (AvgIpc) is 1.81. The van der Waals surface area contributed by atoms with E-state index in [2.05, 4.69) is 11.2 Å². The van der Waals surface area contributed by atoms with Crippen molar-refractivity contribution in [1.29, 1.82) is 0 Å². The van der Waals surface area contributed by atoms with E-state index in [9.17, 15) is 13.2 Å². The number of hydrogen-bond donors (Lipinski definition) is 1. The third-order valence-electron chi connectivity index (χ3n) is 1.34. The van der Waals surface area contributed by atoms with Crippen LogP contribution in [0.1, 0.15) is 13.8 Å². The maximum absolute atomic E-state index is 12.0. The predicted molar refractivity (Wildman–Crippen MR) is 37.0 cm³/mol. The van der Waals surface area contributed by atoms with E-state index in [0.717, 1.165) is 13.8 Å². The van der Waals surface area contributed by atoms with Crippen LogP contribution in [0.4, 0.5) is 13.2 Å². The molecule has 1 N–H and O–H groups in total. The molecule has 0 saturated heterocycles. The molecular weight excluding hydrogens is 155 g/mol. The molecule has 0 saturated carbocycles. The lowest BCUT2D eigenvalue weighted by atomic mass is 10.1. The molecule has 0 aliphatic heterocycles. The van der Waals surface area contributed by atoms with E-state index in [4.69, 9.17) is 6.42 Å². The van der Waals surface area contributed by atoms with Gasteiger partial charge in [0.2, 0.25) is 0 Å². The molecule has 0 aromatic heterocycles. The summed E-state index contributed by atoms with van der Waals surface area (Å²) in [4.78, 5) is 0. The zero-order valence-electron chi connectivity index (χ0n) is 6.42. The molecule has 0 spiro atoms. The van der Waals surface area contributed by atoms with Crippen LogP contribution in [0.15, 0.2) is 0 Å². The Hall–Kier alpha value is -0.690. The number of halogens is 3. The molecule has 0 heterocycles. The van der Waals surface area contributed by atoms with Crippen LogP contribution in [-0.4, -0.2) is 18.3 Å². The summed E-state index contributed by atoms with van der Waals surface area (Å²) < 4.78 is 36.1. The van der Waals surface area contributed by atoms with Crippen LogP contribution in [0.5, 0.6) is 0 Å². The number of nitrogens with one attached hydrogen (secondary N) is 1. The first kappa shape index (κ1) is 10.3. The maximum Gasteiger partial charge on any atom is 0.406 e. The summed E-state index contributed by atoms with van der Waals surface area (Å²) in [5, 5.41) is 2.19. The van der Waals surface area contributed by atoms with Gasteiger partial charge in [0.15, 0.2) is 0 Å². The third-order valence-corrected chi connectivity index (χ3v) is 1.34. The minimum absolute atomic E-state index is 0.0769. The van der Waals surface area contributed by atoms with Crippen LogP contribution in [0, 0.1) is 12.3 Å². The highest BCUT2D eigenvalue weighted by molar-refractivity contribution is 4.94. The molecule has 1 nitrogen and oxygen atoms in total. The third kappa shape index (κ3) is 2.81.